The molecule has 0 saturated carbocycles. The third kappa shape index (κ3) is 2.40. The number of hydrogen-bond acceptors (Lipinski definition) is 3. The highest BCUT2D eigenvalue weighted by Crippen LogP contribution is 2.42. The van der Waals surface area contributed by atoms with Crippen molar-refractivity contribution in [1.82, 2.24) is 0 Å². The van der Waals surface area contributed by atoms with E-state index in [9.17, 15) is 4.79 Å². The van der Waals surface area contributed by atoms with E-state index in [1.807, 2.05) is 30.3 Å². The molecule has 0 bridgehead atoms. The van der Waals surface area contributed by atoms with Crippen molar-refractivity contribution in [2.45, 2.75) is 15.8 Å². The number of benzene rings is 2. The average Bonchev–Trinajstić information content (AvgIpc) is 2.69. The van der Waals surface area contributed by atoms with E-state index in [-0.39, 0.29) is 5.91 Å². The third-order valence-corrected chi connectivity index (χ3v) is 5.04. The molecule has 102 valence electrons. The molecule has 3 rings (SSSR count). The van der Waals surface area contributed by atoms with E-state index in [0.29, 0.717) is 15.7 Å². The van der Waals surface area contributed by atoms with Crippen LogP contribution in [0.4, 0.5) is 5.69 Å². The molecule has 0 radical (unpaired) electrons. The van der Waals surface area contributed by atoms with Gasteiger partial charge in [0.05, 0.1) is 10.0 Å². The lowest BCUT2D eigenvalue weighted by molar-refractivity contribution is -0.116. The van der Waals surface area contributed by atoms with Crippen molar-refractivity contribution in [3.8, 4) is 0 Å². The number of anilines is 1. The van der Waals surface area contributed by atoms with Crippen LogP contribution in [-0.4, -0.2) is 5.91 Å². The molecular formula is C14H10Cl2N2OS. The molecule has 1 heterocycles. The molecule has 3 N–H and O–H groups in total. The lowest BCUT2D eigenvalue weighted by atomic mass is 10.1. The Hall–Kier alpha value is -1.20. The molecule has 1 aliphatic heterocycles. The van der Waals surface area contributed by atoms with Gasteiger partial charge in [-0.05, 0) is 24.3 Å². The van der Waals surface area contributed by atoms with Crippen LogP contribution in [-0.2, 0) is 4.79 Å². The van der Waals surface area contributed by atoms with Crippen LogP contribution in [0.2, 0.25) is 10.0 Å². The van der Waals surface area contributed by atoms with E-state index in [0.717, 1.165) is 15.4 Å². The molecule has 3 nitrogen and oxygen atoms in total. The molecule has 1 aliphatic rings. The summed E-state index contributed by atoms with van der Waals surface area (Å²) in [6, 6.07) is 10.4. The van der Waals surface area contributed by atoms with Crippen molar-refractivity contribution >= 4 is 46.6 Å². The number of fused-ring (bicyclic) bond motifs is 1. The summed E-state index contributed by atoms with van der Waals surface area (Å²) in [6.07, 6.45) is 0. The number of carbonyl (C=O) groups excluding carboxylic acids is 1. The Morgan fingerprint density at radius 3 is 2.60 bits per heavy atom. The van der Waals surface area contributed by atoms with Gasteiger partial charge in [-0.3, -0.25) is 4.79 Å². The molecule has 6 heteroatoms. The molecule has 1 amide bonds. The zero-order valence-corrected chi connectivity index (χ0v) is 12.5. The number of nitrogens with one attached hydrogen (secondary N) is 1. The van der Waals surface area contributed by atoms with Gasteiger partial charge in [0.15, 0.2) is 0 Å². The predicted octanol–water partition coefficient (Wildman–Crippen LogP) is 4.10. The van der Waals surface area contributed by atoms with Crippen LogP contribution in [0.1, 0.15) is 11.6 Å². The van der Waals surface area contributed by atoms with Crippen LogP contribution in [0.5, 0.6) is 0 Å². The second-order valence-electron chi connectivity index (χ2n) is 4.37. The maximum Gasteiger partial charge on any atom is 0.245 e. The summed E-state index contributed by atoms with van der Waals surface area (Å²) in [4.78, 5) is 13.3. The van der Waals surface area contributed by atoms with Gasteiger partial charge in [0, 0.05) is 21.0 Å². The summed E-state index contributed by atoms with van der Waals surface area (Å²) < 4.78 is 0. The van der Waals surface area contributed by atoms with Gasteiger partial charge in [-0.15, -0.1) is 0 Å². The fourth-order valence-electron chi connectivity index (χ4n) is 2.01. The molecule has 1 atom stereocenters. The van der Waals surface area contributed by atoms with Crippen LogP contribution in [0.15, 0.2) is 46.2 Å². The number of hydrogen-bond donors (Lipinski definition) is 2. The number of rotatable bonds is 2. The Morgan fingerprint density at radius 2 is 1.85 bits per heavy atom. The first-order chi connectivity index (χ1) is 9.56. The summed E-state index contributed by atoms with van der Waals surface area (Å²) in [6.45, 7) is 0. The highest BCUT2D eigenvalue weighted by Gasteiger charge is 2.28. The van der Waals surface area contributed by atoms with Crippen LogP contribution in [0.25, 0.3) is 0 Å². The van der Waals surface area contributed by atoms with E-state index < -0.39 is 6.04 Å². The summed E-state index contributed by atoms with van der Waals surface area (Å²) in [5.74, 6) is -0.212. The number of nitrogens with two attached hydrogens (primary N) is 1. The van der Waals surface area contributed by atoms with Crippen molar-refractivity contribution < 1.29 is 4.79 Å². The Bertz CT molecular complexity index is 706. The summed E-state index contributed by atoms with van der Waals surface area (Å²) >= 11 is 13.9. The third-order valence-electron chi connectivity index (χ3n) is 3.04. The van der Waals surface area contributed by atoms with Crippen molar-refractivity contribution in [2.24, 2.45) is 5.73 Å². The molecule has 0 fully saturated rings. The molecule has 1 unspecified atom stereocenters. The standard InChI is InChI=1S/C14H10Cl2N2OS/c15-8-3-1-2-4-11(8)20-12-6-10-7(5-9(12)16)13(17)14(19)18-10/h1-6,13H,17H2,(H,18,19). The minimum Gasteiger partial charge on any atom is -0.324 e. The van der Waals surface area contributed by atoms with Gasteiger partial charge in [-0.25, -0.2) is 0 Å². The second kappa shape index (κ2) is 5.30. The predicted molar refractivity (Wildman–Crippen MR) is 82.6 cm³/mol. The average molecular weight is 325 g/mol. The monoisotopic (exact) mass is 324 g/mol. The zero-order valence-electron chi connectivity index (χ0n) is 10.2. The van der Waals surface area contributed by atoms with Crippen molar-refractivity contribution in [1.29, 1.82) is 0 Å². The maximum atomic E-state index is 11.6. The van der Waals surface area contributed by atoms with E-state index in [1.54, 1.807) is 6.07 Å². The van der Waals surface area contributed by atoms with E-state index in [1.165, 1.54) is 11.8 Å². The number of amides is 1. The fraction of sp³-hybridized carbons (Fsp3) is 0.0714. The minimum absolute atomic E-state index is 0.212. The smallest absolute Gasteiger partial charge is 0.245 e. The Labute approximate surface area is 130 Å². The SMILES string of the molecule is NC1C(=O)Nc2cc(Sc3ccccc3Cl)c(Cl)cc21. The molecule has 0 saturated heterocycles. The molecular weight excluding hydrogens is 315 g/mol. The van der Waals surface area contributed by atoms with Crippen LogP contribution in [0.3, 0.4) is 0 Å². The van der Waals surface area contributed by atoms with Crippen LogP contribution in [0, 0.1) is 0 Å². The first-order valence-electron chi connectivity index (χ1n) is 5.88. The summed E-state index contributed by atoms with van der Waals surface area (Å²) in [5, 5.41) is 3.96. The second-order valence-corrected chi connectivity index (χ2v) is 6.27. The van der Waals surface area contributed by atoms with Gasteiger partial charge in [-0.1, -0.05) is 47.1 Å². The van der Waals surface area contributed by atoms with Crippen LogP contribution >= 0.6 is 35.0 Å². The van der Waals surface area contributed by atoms with Gasteiger partial charge >= 0.3 is 0 Å². The van der Waals surface area contributed by atoms with Gasteiger partial charge in [-0.2, -0.15) is 0 Å². The lowest BCUT2D eigenvalue weighted by Crippen LogP contribution is -2.19. The maximum absolute atomic E-state index is 11.6. The van der Waals surface area contributed by atoms with E-state index in [4.69, 9.17) is 28.9 Å². The molecule has 0 spiro atoms. The fourth-order valence-corrected chi connectivity index (χ4v) is 3.43. The Kier molecular flexibility index (Phi) is 3.65. The molecule has 0 aliphatic carbocycles. The van der Waals surface area contributed by atoms with E-state index in [2.05, 4.69) is 5.32 Å². The quantitative estimate of drug-likeness (QED) is 0.874. The molecule has 0 aromatic heterocycles. The zero-order chi connectivity index (χ0) is 14.3. The highest BCUT2D eigenvalue weighted by atomic mass is 35.5. The van der Waals surface area contributed by atoms with Gasteiger partial charge in [0.1, 0.15) is 6.04 Å². The van der Waals surface area contributed by atoms with Crippen molar-refractivity contribution in [3.05, 3.63) is 52.0 Å². The lowest BCUT2D eigenvalue weighted by Gasteiger charge is -2.09. The normalized spacial score (nSPS) is 16.9. The van der Waals surface area contributed by atoms with E-state index >= 15 is 0 Å². The molecule has 2 aromatic carbocycles. The van der Waals surface area contributed by atoms with Gasteiger partial charge < -0.3 is 11.1 Å². The number of carbonyl (C=O) groups is 1. The van der Waals surface area contributed by atoms with Crippen molar-refractivity contribution in [3.63, 3.8) is 0 Å². The molecule has 20 heavy (non-hydrogen) atoms. The van der Waals surface area contributed by atoms with Gasteiger partial charge in [0.2, 0.25) is 5.91 Å². The highest BCUT2D eigenvalue weighted by molar-refractivity contribution is 7.99. The Balaban J connectivity index is 1.99. The van der Waals surface area contributed by atoms with Crippen molar-refractivity contribution in [2.75, 3.05) is 5.32 Å². The summed E-state index contributed by atoms with van der Waals surface area (Å²) in [7, 11) is 0. The minimum atomic E-state index is -0.651. The largest absolute Gasteiger partial charge is 0.324 e. The first kappa shape index (κ1) is 13.8. The first-order valence-corrected chi connectivity index (χ1v) is 7.46. The number of halogens is 2. The molecule has 2 aromatic rings. The summed E-state index contributed by atoms with van der Waals surface area (Å²) in [5.41, 5.74) is 7.22. The van der Waals surface area contributed by atoms with Crippen LogP contribution < -0.4 is 11.1 Å². The Morgan fingerprint density at radius 1 is 1.10 bits per heavy atom. The van der Waals surface area contributed by atoms with Gasteiger partial charge in [0.25, 0.3) is 0 Å². The topological polar surface area (TPSA) is 55.1 Å².